The molecule has 1 aromatic rings. The number of carbonyl (C=O) groups excluding carboxylic acids is 1. The molecule has 102 valence electrons. The molecule has 0 bridgehead atoms. The van der Waals surface area contributed by atoms with Gasteiger partial charge in [0.05, 0.1) is 14.2 Å². The van der Waals surface area contributed by atoms with E-state index in [0.717, 1.165) is 0 Å². The molecule has 0 amide bonds. The van der Waals surface area contributed by atoms with Gasteiger partial charge in [-0.05, 0) is 13.0 Å². The molecule has 0 aromatic heterocycles. The highest BCUT2D eigenvalue weighted by atomic mass is 16.5. The minimum Gasteiger partial charge on any atom is -0.501 e. The molecule has 0 radical (unpaired) electrons. The molecule has 1 atom stereocenters. The molecule has 1 aromatic carbocycles. The van der Waals surface area contributed by atoms with E-state index in [-0.39, 0.29) is 5.88 Å². The fraction of sp³-hybridized carbons (Fsp3) is 0.308. The molecule has 1 aliphatic rings. The van der Waals surface area contributed by atoms with E-state index in [1.807, 2.05) is 0 Å². The first-order valence-corrected chi connectivity index (χ1v) is 5.59. The van der Waals surface area contributed by atoms with Crippen LogP contribution in [0.5, 0.6) is 11.5 Å². The third-order valence-corrected chi connectivity index (χ3v) is 3.11. The van der Waals surface area contributed by atoms with Crippen LogP contribution in [0.1, 0.15) is 12.5 Å². The third-order valence-electron chi connectivity index (χ3n) is 3.11. The van der Waals surface area contributed by atoms with Crippen molar-refractivity contribution in [2.24, 2.45) is 5.73 Å². The molecular formula is C13H15NO5. The maximum absolute atomic E-state index is 12.1. The van der Waals surface area contributed by atoms with Crippen molar-refractivity contribution < 1.29 is 24.1 Å². The number of hydrogen-bond donors (Lipinski definition) is 2. The van der Waals surface area contributed by atoms with Gasteiger partial charge in [0.15, 0.2) is 11.5 Å². The lowest BCUT2D eigenvalue weighted by Crippen LogP contribution is -2.32. The Balaban J connectivity index is 2.58. The van der Waals surface area contributed by atoms with E-state index < -0.39 is 17.1 Å². The van der Waals surface area contributed by atoms with Crippen LogP contribution >= 0.6 is 0 Å². The molecule has 6 nitrogen and oxygen atoms in total. The molecule has 19 heavy (non-hydrogen) atoms. The van der Waals surface area contributed by atoms with Crippen LogP contribution in [-0.4, -0.2) is 25.1 Å². The van der Waals surface area contributed by atoms with Crippen molar-refractivity contribution in [3.05, 3.63) is 35.4 Å². The van der Waals surface area contributed by atoms with Crippen molar-refractivity contribution in [2.45, 2.75) is 12.5 Å². The largest absolute Gasteiger partial charge is 0.501 e. The van der Waals surface area contributed by atoms with Gasteiger partial charge in [-0.15, -0.1) is 0 Å². The SMILES string of the molecule is COc1cccc(C2(C)OC(N)=C(O)C2=O)c1OC. The molecule has 0 aliphatic carbocycles. The zero-order valence-electron chi connectivity index (χ0n) is 10.9. The van der Waals surface area contributed by atoms with E-state index >= 15 is 0 Å². The molecule has 6 heteroatoms. The van der Waals surface area contributed by atoms with Crippen LogP contribution in [0.2, 0.25) is 0 Å². The normalized spacial score (nSPS) is 22.4. The van der Waals surface area contributed by atoms with Crippen molar-refractivity contribution in [3.63, 3.8) is 0 Å². The number of methoxy groups -OCH3 is 2. The first-order chi connectivity index (χ1) is 8.95. The van der Waals surface area contributed by atoms with Gasteiger partial charge >= 0.3 is 0 Å². The summed E-state index contributed by atoms with van der Waals surface area (Å²) in [5.41, 5.74) is 4.47. The predicted molar refractivity (Wildman–Crippen MR) is 66.8 cm³/mol. The Morgan fingerprint density at radius 1 is 1.32 bits per heavy atom. The van der Waals surface area contributed by atoms with E-state index in [4.69, 9.17) is 19.9 Å². The molecule has 3 N–H and O–H groups in total. The second-order valence-electron chi connectivity index (χ2n) is 4.22. The van der Waals surface area contributed by atoms with Gasteiger partial charge in [-0.2, -0.15) is 0 Å². The number of rotatable bonds is 3. The number of benzene rings is 1. The summed E-state index contributed by atoms with van der Waals surface area (Å²) in [6.07, 6.45) is 0. The number of ether oxygens (including phenoxy) is 3. The summed E-state index contributed by atoms with van der Waals surface area (Å²) in [5.74, 6) is -0.660. The number of aliphatic hydroxyl groups excluding tert-OH is 1. The zero-order valence-corrected chi connectivity index (χ0v) is 10.9. The van der Waals surface area contributed by atoms with Crippen LogP contribution in [-0.2, 0) is 15.1 Å². The average Bonchev–Trinajstić information content (AvgIpc) is 2.62. The Morgan fingerprint density at radius 3 is 2.47 bits per heavy atom. The molecular weight excluding hydrogens is 250 g/mol. The number of ketones is 1. The van der Waals surface area contributed by atoms with Gasteiger partial charge in [0.25, 0.3) is 5.78 Å². The van der Waals surface area contributed by atoms with Crippen LogP contribution in [0.3, 0.4) is 0 Å². The van der Waals surface area contributed by atoms with Gasteiger partial charge in [0.1, 0.15) is 0 Å². The number of carbonyl (C=O) groups is 1. The van der Waals surface area contributed by atoms with E-state index in [2.05, 4.69) is 0 Å². The molecule has 1 heterocycles. The Hall–Kier alpha value is -2.37. The number of hydrogen-bond acceptors (Lipinski definition) is 6. The molecule has 0 saturated carbocycles. The highest BCUT2D eigenvalue weighted by molar-refractivity contribution is 6.03. The van der Waals surface area contributed by atoms with Crippen LogP contribution in [0.4, 0.5) is 0 Å². The van der Waals surface area contributed by atoms with Crippen molar-refractivity contribution in [3.8, 4) is 11.5 Å². The summed E-state index contributed by atoms with van der Waals surface area (Å²) in [4.78, 5) is 12.1. The van der Waals surface area contributed by atoms with Gasteiger partial charge in [-0.1, -0.05) is 12.1 Å². The molecule has 2 rings (SSSR count). The van der Waals surface area contributed by atoms with Crippen LogP contribution in [0, 0.1) is 0 Å². The fourth-order valence-electron chi connectivity index (χ4n) is 2.09. The first kappa shape index (κ1) is 13.1. The lowest BCUT2D eigenvalue weighted by atomic mass is 9.90. The summed E-state index contributed by atoms with van der Waals surface area (Å²) >= 11 is 0. The standard InChI is InChI=1S/C13H15NO5/c1-13(11(16)9(15)12(14)19-13)7-5-4-6-8(17-2)10(7)18-3/h4-6,15H,14H2,1-3H3. The number of Topliss-reactive ketones (excluding diaryl/α,β-unsaturated/α-hetero) is 1. The Morgan fingerprint density at radius 2 is 2.00 bits per heavy atom. The predicted octanol–water partition coefficient (Wildman–Crippen LogP) is 1.20. The molecule has 0 fully saturated rings. The highest BCUT2D eigenvalue weighted by Crippen LogP contribution is 2.43. The van der Waals surface area contributed by atoms with Crippen molar-refractivity contribution >= 4 is 5.78 Å². The highest BCUT2D eigenvalue weighted by Gasteiger charge is 2.49. The van der Waals surface area contributed by atoms with Crippen LogP contribution in [0.15, 0.2) is 29.8 Å². The fourth-order valence-corrected chi connectivity index (χ4v) is 2.09. The van der Waals surface area contributed by atoms with Gasteiger partial charge in [-0.25, -0.2) is 0 Å². The second kappa shape index (κ2) is 4.38. The van der Waals surface area contributed by atoms with Crippen molar-refractivity contribution in [1.82, 2.24) is 0 Å². The summed E-state index contributed by atoms with van der Waals surface area (Å²) in [6, 6.07) is 5.05. The molecule has 1 aliphatic heterocycles. The Bertz CT molecular complexity index is 566. The first-order valence-electron chi connectivity index (χ1n) is 5.59. The molecule has 1 unspecified atom stereocenters. The second-order valence-corrected chi connectivity index (χ2v) is 4.22. The Kier molecular flexibility index (Phi) is 3.01. The van der Waals surface area contributed by atoms with E-state index in [0.29, 0.717) is 17.1 Å². The van der Waals surface area contributed by atoms with Gasteiger partial charge < -0.3 is 25.1 Å². The summed E-state index contributed by atoms with van der Waals surface area (Å²) in [5, 5.41) is 9.56. The van der Waals surface area contributed by atoms with Crippen molar-refractivity contribution in [2.75, 3.05) is 14.2 Å². The lowest BCUT2D eigenvalue weighted by molar-refractivity contribution is -0.131. The number of aliphatic hydroxyl groups is 1. The number of nitrogens with two attached hydrogens (primary N) is 1. The average molecular weight is 265 g/mol. The minimum absolute atomic E-state index is 0.294. The lowest BCUT2D eigenvalue weighted by Gasteiger charge is -2.25. The summed E-state index contributed by atoms with van der Waals surface area (Å²) in [6.45, 7) is 1.52. The summed E-state index contributed by atoms with van der Waals surface area (Å²) in [7, 11) is 2.95. The molecule has 0 saturated heterocycles. The minimum atomic E-state index is -1.42. The maximum Gasteiger partial charge on any atom is 0.250 e. The third kappa shape index (κ3) is 1.76. The smallest absolute Gasteiger partial charge is 0.250 e. The monoisotopic (exact) mass is 265 g/mol. The van der Waals surface area contributed by atoms with Gasteiger partial charge in [-0.3, -0.25) is 4.79 Å². The number of para-hydroxylation sites is 1. The zero-order chi connectivity index (χ0) is 14.2. The van der Waals surface area contributed by atoms with Crippen molar-refractivity contribution in [1.29, 1.82) is 0 Å². The molecule has 0 spiro atoms. The van der Waals surface area contributed by atoms with Gasteiger partial charge in [0.2, 0.25) is 17.2 Å². The topological polar surface area (TPSA) is 91.0 Å². The maximum atomic E-state index is 12.1. The Labute approximate surface area is 110 Å². The summed E-state index contributed by atoms with van der Waals surface area (Å²) < 4.78 is 15.8. The quantitative estimate of drug-likeness (QED) is 0.853. The van der Waals surface area contributed by atoms with Gasteiger partial charge in [0, 0.05) is 5.56 Å². The van der Waals surface area contributed by atoms with E-state index in [1.54, 1.807) is 18.2 Å². The van der Waals surface area contributed by atoms with E-state index in [9.17, 15) is 9.90 Å². The van der Waals surface area contributed by atoms with Crippen LogP contribution in [0.25, 0.3) is 0 Å². The van der Waals surface area contributed by atoms with Crippen LogP contribution < -0.4 is 15.2 Å². The van der Waals surface area contributed by atoms with E-state index in [1.165, 1.54) is 21.1 Å².